The summed E-state index contributed by atoms with van der Waals surface area (Å²) in [7, 11) is 0. The number of hydrogen-bond acceptors (Lipinski definition) is 2. The lowest BCUT2D eigenvalue weighted by Gasteiger charge is -2.11. The van der Waals surface area contributed by atoms with Crippen LogP contribution in [0.2, 0.25) is 0 Å². The zero-order valence-electron chi connectivity index (χ0n) is 27.9. The fourth-order valence-electron chi connectivity index (χ4n) is 8.93. The summed E-state index contributed by atoms with van der Waals surface area (Å²) in [5, 5.41) is 12.0. The highest BCUT2D eigenvalue weighted by molar-refractivity contribution is 6.41. The van der Waals surface area contributed by atoms with Gasteiger partial charge in [-0.25, -0.2) is 9.97 Å². The number of fused-ring (bicyclic) bond motifs is 14. The Balaban J connectivity index is 1.40. The minimum atomic E-state index is 0.924. The fraction of sp³-hybridized carbons (Fsp3) is 0. The molecule has 0 unspecified atom stereocenters. The fourth-order valence-corrected chi connectivity index (χ4v) is 8.93. The number of nitrogens with one attached hydrogen (secondary N) is 2. The van der Waals surface area contributed by atoms with Crippen molar-refractivity contribution in [3.05, 3.63) is 156 Å². The molecule has 0 saturated carbocycles. The molecule has 0 fully saturated rings. The lowest BCUT2D eigenvalue weighted by molar-refractivity contribution is 1.33. The molecule has 4 nitrogen and oxygen atoms in total. The monoisotopic (exact) mass is 660 g/mol. The molecule has 0 aliphatic carbocycles. The maximum Gasteiger partial charge on any atom is 0.0737 e. The number of rotatable bonds is 2. The molecule has 2 aliphatic heterocycles. The molecule has 7 aromatic carbocycles. The SMILES string of the molecule is C1=Cc2nc1c(-c1ccccc1)c1ccc([nH]1)c(-c1ccccc1)c1nc(c3c4ccccc4c4ccc5c6ccccc6c2c2[nH]c3c4c52)C=C1. The van der Waals surface area contributed by atoms with Crippen molar-refractivity contribution in [1.82, 2.24) is 19.9 Å². The van der Waals surface area contributed by atoms with Crippen LogP contribution >= 0.6 is 0 Å². The Morgan fingerprint density at radius 1 is 0.308 bits per heavy atom. The number of aromatic nitrogens is 4. The summed E-state index contributed by atoms with van der Waals surface area (Å²) in [4.78, 5) is 18.9. The van der Waals surface area contributed by atoms with Crippen molar-refractivity contribution >= 4 is 100 Å². The summed E-state index contributed by atoms with van der Waals surface area (Å²) in [5.74, 6) is 0. The van der Waals surface area contributed by atoms with E-state index in [-0.39, 0.29) is 0 Å². The third-order valence-corrected chi connectivity index (χ3v) is 11.1. The molecule has 0 spiro atoms. The third kappa shape index (κ3) is 3.70. The lowest BCUT2D eigenvalue weighted by Crippen LogP contribution is -1.88. The Morgan fingerprint density at radius 3 is 1.15 bits per heavy atom. The zero-order valence-corrected chi connectivity index (χ0v) is 27.9. The summed E-state index contributed by atoms with van der Waals surface area (Å²) in [5.41, 5.74) is 12.3. The highest BCUT2D eigenvalue weighted by Gasteiger charge is 2.23. The topological polar surface area (TPSA) is 57.4 Å². The smallest absolute Gasteiger partial charge is 0.0737 e. The molecule has 52 heavy (non-hydrogen) atoms. The Bertz CT molecular complexity index is 3110. The van der Waals surface area contributed by atoms with Crippen molar-refractivity contribution in [3.63, 3.8) is 0 Å². The first-order valence-electron chi connectivity index (χ1n) is 17.8. The van der Waals surface area contributed by atoms with Crippen molar-refractivity contribution in [2.75, 3.05) is 0 Å². The van der Waals surface area contributed by atoms with E-state index in [9.17, 15) is 0 Å². The van der Waals surface area contributed by atoms with E-state index >= 15 is 0 Å². The van der Waals surface area contributed by atoms with Gasteiger partial charge in [0.05, 0.1) is 33.8 Å². The van der Waals surface area contributed by atoms with Gasteiger partial charge in [0, 0.05) is 43.7 Å². The van der Waals surface area contributed by atoms with Crippen molar-refractivity contribution in [3.8, 4) is 22.3 Å². The second-order valence-corrected chi connectivity index (χ2v) is 13.8. The van der Waals surface area contributed by atoms with Crippen LogP contribution in [0.1, 0.15) is 22.8 Å². The Morgan fingerprint density at radius 2 is 0.692 bits per heavy atom. The summed E-state index contributed by atoms with van der Waals surface area (Å²) >= 11 is 0. The van der Waals surface area contributed by atoms with Gasteiger partial charge in [0.25, 0.3) is 0 Å². The molecule has 3 aromatic heterocycles. The number of benzene rings is 7. The predicted molar refractivity (Wildman–Crippen MR) is 220 cm³/mol. The molecule has 0 saturated heterocycles. The van der Waals surface area contributed by atoms with Gasteiger partial charge < -0.3 is 9.97 Å². The molecule has 0 amide bonds. The van der Waals surface area contributed by atoms with Crippen LogP contribution < -0.4 is 0 Å². The number of aromatic amines is 2. The number of H-pyrrole nitrogens is 2. The molecule has 2 N–H and O–H groups in total. The first-order valence-corrected chi connectivity index (χ1v) is 17.8. The molecule has 2 aliphatic rings. The maximum atomic E-state index is 5.50. The van der Waals surface area contributed by atoms with Crippen molar-refractivity contribution < 1.29 is 0 Å². The van der Waals surface area contributed by atoms with E-state index < -0.39 is 0 Å². The average molecular weight is 661 g/mol. The van der Waals surface area contributed by atoms with Gasteiger partial charge in [-0.3, -0.25) is 0 Å². The molecular weight excluding hydrogens is 633 g/mol. The summed E-state index contributed by atoms with van der Waals surface area (Å²) in [6, 6.07) is 47.7. The van der Waals surface area contributed by atoms with Gasteiger partial charge in [-0.1, -0.05) is 121 Å². The van der Waals surface area contributed by atoms with E-state index in [0.717, 1.165) is 77.9 Å². The van der Waals surface area contributed by atoms with Gasteiger partial charge in [0.15, 0.2) is 0 Å². The zero-order chi connectivity index (χ0) is 33.9. The van der Waals surface area contributed by atoms with Gasteiger partial charge in [0.2, 0.25) is 0 Å². The molecule has 8 bridgehead atoms. The Labute approximate surface area is 297 Å². The molecular formula is C48H28N4. The van der Waals surface area contributed by atoms with E-state index in [1.54, 1.807) is 0 Å². The highest BCUT2D eigenvalue weighted by Crippen LogP contribution is 2.47. The van der Waals surface area contributed by atoms with Crippen LogP contribution in [0.4, 0.5) is 0 Å². The van der Waals surface area contributed by atoms with Crippen molar-refractivity contribution in [2.45, 2.75) is 0 Å². The van der Waals surface area contributed by atoms with E-state index in [1.165, 1.54) is 43.1 Å². The third-order valence-electron chi connectivity index (χ3n) is 11.1. The van der Waals surface area contributed by atoms with Crippen LogP contribution in [-0.4, -0.2) is 19.9 Å². The standard InChI is InChI=1S/C48H28N4/c1-3-11-27(12-4-1)41-35-21-22-36(49-35)42(28-13-5-2-6-14-28)38-24-26-40(51-38)44-32-18-10-8-16-30(32)34-20-19-33-29-15-7-9-17-31(29)43(39-25-23-37(41)50-39)47-45(33)46(34)48(44)52-47/h1-26,49,52H. The molecule has 0 atom stereocenters. The molecule has 240 valence electrons. The predicted octanol–water partition coefficient (Wildman–Crippen LogP) is 12.6. The van der Waals surface area contributed by atoms with Crippen molar-refractivity contribution in [2.24, 2.45) is 0 Å². The van der Waals surface area contributed by atoms with E-state index in [0.29, 0.717) is 0 Å². The molecule has 5 heterocycles. The second kappa shape index (κ2) is 10.3. The van der Waals surface area contributed by atoms with Gasteiger partial charge >= 0.3 is 0 Å². The van der Waals surface area contributed by atoms with Crippen LogP contribution in [0.15, 0.2) is 133 Å². The highest BCUT2D eigenvalue weighted by atomic mass is 14.8. The first-order chi connectivity index (χ1) is 25.8. The van der Waals surface area contributed by atoms with Crippen LogP contribution in [0.3, 0.4) is 0 Å². The van der Waals surface area contributed by atoms with Gasteiger partial charge in [-0.2, -0.15) is 0 Å². The van der Waals surface area contributed by atoms with Crippen LogP contribution in [0.25, 0.3) is 122 Å². The van der Waals surface area contributed by atoms with Crippen LogP contribution in [0, 0.1) is 0 Å². The van der Waals surface area contributed by atoms with E-state index in [2.05, 4.69) is 168 Å². The van der Waals surface area contributed by atoms with Crippen LogP contribution in [-0.2, 0) is 0 Å². The molecule has 0 radical (unpaired) electrons. The first kappa shape index (κ1) is 27.7. The Hall–Kier alpha value is -7.04. The van der Waals surface area contributed by atoms with Gasteiger partial charge in [-0.05, 0) is 79.9 Å². The summed E-state index contributed by atoms with van der Waals surface area (Å²) in [6.45, 7) is 0. The number of hydrogen-bond donors (Lipinski definition) is 2. The summed E-state index contributed by atoms with van der Waals surface area (Å²) in [6.07, 6.45) is 8.74. The molecule has 10 aromatic rings. The van der Waals surface area contributed by atoms with Crippen molar-refractivity contribution in [1.29, 1.82) is 0 Å². The molecule has 4 heteroatoms. The second-order valence-electron chi connectivity index (χ2n) is 13.8. The van der Waals surface area contributed by atoms with Crippen LogP contribution in [0.5, 0.6) is 0 Å². The average Bonchev–Trinajstić information content (AvgIpc) is 4.03. The summed E-state index contributed by atoms with van der Waals surface area (Å²) < 4.78 is 0. The van der Waals surface area contributed by atoms with Gasteiger partial charge in [0.1, 0.15) is 0 Å². The lowest BCUT2D eigenvalue weighted by atomic mass is 9.91. The normalized spacial score (nSPS) is 12.8. The van der Waals surface area contributed by atoms with E-state index in [1.807, 2.05) is 0 Å². The quantitative estimate of drug-likeness (QED) is 0.181. The maximum absolute atomic E-state index is 5.50. The van der Waals surface area contributed by atoms with Gasteiger partial charge in [-0.15, -0.1) is 0 Å². The minimum absolute atomic E-state index is 0.924. The largest absolute Gasteiger partial charge is 0.354 e. The molecule has 12 rings (SSSR count). The Kier molecular flexibility index (Phi) is 5.47. The number of nitrogens with zero attached hydrogens (tertiary/aromatic N) is 2. The van der Waals surface area contributed by atoms with E-state index in [4.69, 9.17) is 9.97 Å². The minimum Gasteiger partial charge on any atom is -0.354 e.